The van der Waals surface area contributed by atoms with E-state index in [1.54, 1.807) is 0 Å². The van der Waals surface area contributed by atoms with Crippen molar-refractivity contribution in [2.75, 3.05) is 33.2 Å². The van der Waals surface area contributed by atoms with Crippen molar-refractivity contribution in [3.8, 4) is 0 Å². The van der Waals surface area contributed by atoms with Gasteiger partial charge in [0.05, 0.1) is 16.1 Å². The Morgan fingerprint density at radius 2 is 1.89 bits per heavy atom. The fourth-order valence-corrected chi connectivity index (χ4v) is 4.16. The van der Waals surface area contributed by atoms with Crippen LogP contribution in [0.25, 0.3) is 0 Å². The maximum Gasteiger partial charge on any atom is 0.416 e. The molecule has 2 fully saturated rings. The van der Waals surface area contributed by atoms with Crippen molar-refractivity contribution in [1.29, 1.82) is 0 Å². The monoisotopic (exact) mass is 403 g/mol. The highest BCUT2D eigenvalue weighted by molar-refractivity contribution is 6.33. The quantitative estimate of drug-likeness (QED) is 0.836. The summed E-state index contributed by atoms with van der Waals surface area (Å²) >= 11 is 5.98. The van der Waals surface area contributed by atoms with Gasteiger partial charge in [0.15, 0.2) is 0 Å². The van der Waals surface area contributed by atoms with Crippen LogP contribution < -0.4 is 5.32 Å². The number of hydrogen-bond acceptors (Lipinski definition) is 3. The standard InChI is InChI=1S/C19H25ClF3N3O/c1-25-9-6-15(7-10-25)26-8-2-3-14(12-26)24-18(27)16-11-13(19(21,22)23)4-5-17(16)20/h4-5,11,14-15H,2-3,6-10,12H2,1H3,(H,24,27)/t14-/m0/s1. The van der Waals surface area contributed by atoms with Crippen molar-refractivity contribution >= 4 is 17.5 Å². The number of nitrogens with zero attached hydrogens (tertiary/aromatic N) is 2. The lowest BCUT2D eigenvalue weighted by molar-refractivity contribution is -0.137. The zero-order valence-electron chi connectivity index (χ0n) is 15.4. The van der Waals surface area contributed by atoms with E-state index in [-0.39, 0.29) is 16.6 Å². The topological polar surface area (TPSA) is 35.6 Å². The van der Waals surface area contributed by atoms with E-state index in [2.05, 4.69) is 22.2 Å². The molecule has 1 amide bonds. The van der Waals surface area contributed by atoms with Gasteiger partial charge in [-0.15, -0.1) is 0 Å². The highest BCUT2D eigenvalue weighted by atomic mass is 35.5. The number of hydrogen-bond donors (Lipinski definition) is 1. The van der Waals surface area contributed by atoms with E-state index in [1.807, 2.05) is 0 Å². The van der Waals surface area contributed by atoms with Crippen LogP contribution in [0.4, 0.5) is 13.2 Å². The average Bonchev–Trinajstić information content (AvgIpc) is 2.62. The van der Waals surface area contributed by atoms with E-state index in [4.69, 9.17) is 11.6 Å². The van der Waals surface area contributed by atoms with E-state index in [0.717, 1.165) is 70.1 Å². The van der Waals surface area contributed by atoms with Crippen LogP contribution in [-0.2, 0) is 6.18 Å². The fourth-order valence-electron chi connectivity index (χ4n) is 3.95. The summed E-state index contributed by atoms with van der Waals surface area (Å²) in [6, 6.07) is 3.29. The third-order valence-corrected chi connectivity index (χ3v) is 5.86. The molecule has 4 nitrogen and oxygen atoms in total. The van der Waals surface area contributed by atoms with E-state index >= 15 is 0 Å². The van der Waals surface area contributed by atoms with Gasteiger partial charge in [-0.25, -0.2) is 0 Å². The number of piperidine rings is 2. The molecule has 0 radical (unpaired) electrons. The molecule has 0 bridgehead atoms. The third-order valence-electron chi connectivity index (χ3n) is 5.53. The summed E-state index contributed by atoms with van der Waals surface area (Å²) in [6.07, 6.45) is -0.498. The number of amides is 1. The van der Waals surface area contributed by atoms with Crippen LogP contribution in [0.15, 0.2) is 18.2 Å². The highest BCUT2D eigenvalue weighted by Crippen LogP contribution is 2.32. The minimum Gasteiger partial charge on any atom is -0.348 e. The molecule has 0 aromatic heterocycles. The molecule has 150 valence electrons. The van der Waals surface area contributed by atoms with Crippen LogP contribution in [0.2, 0.25) is 5.02 Å². The van der Waals surface area contributed by atoms with Crippen molar-refractivity contribution < 1.29 is 18.0 Å². The molecule has 1 aromatic carbocycles. The maximum atomic E-state index is 12.9. The summed E-state index contributed by atoms with van der Waals surface area (Å²) < 4.78 is 38.8. The summed E-state index contributed by atoms with van der Waals surface area (Å²) in [5.74, 6) is -0.540. The van der Waals surface area contributed by atoms with Gasteiger partial charge in [0.2, 0.25) is 0 Å². The Balaban J connectivity index is 1.64. The molecule has 2 aliphatic rings. The van der Waals surface area contributed by atoms with E-state index in [0.29, 0.717) is 6.04 Å². The minimum atomic E-state index is -4.50. The predicted molar refractivity (Wildman–Crippen MR) is 99.0 cm³/mol. The molecule has 2 saturated heterocycles. The molecule has 0 unspecified atom stereocenters. The molecule has 0 spiro atoms. The van der Waals surface area contributed by atoms with Gasteiger partial charge in [0.25, 0.3) is 5.91 Å². The number of carbonyl (C=O) groups is 1. The molecule has 0 aliphatic carbocycles. The number of carbonyl (C=O) groups excluding carboxylic acids is 1. The molecule has 3 rings (SSSR count). The molecular weight excluding hydrogens is 379 g/mol. The predicted octanol–water partition coefficient (Wildman–Crippen LogP) is 3.65. The number of alkyl halides is 3. The second-order valence-corrected chi connectivity index (χ2v) is 7.94. The van der Waals surface area contributed by atoms with Gasteiger partial charge in [0, 0.05) is 18.6 Å². The van der Waals surface area contributed by atoms with E-state index < -0.39 is 17.6 Å². The average molecular weight is 404 g/mol. The molecular formula is C19H25ClF3N3O. The van der Waals surface area contributed by atoms with Crippen LogP contribution in [0.3, 0.4) is 0 Å². The maximum absolute atomic E-state index is 12.9. The zero-order valence-corrected chi connectivity index (χ0v) is 16.1. The van der Waals surface area contributed by atoms with Gasteiger partial charge < -0.3 is 10.2 Å². The molecule has 27 heavy (non-hydrogen) atoms. The van der Waals surface area contributed by atoms with Crippen molar-refractivity contribution in [1.82, 2.24) is 15.1 Å². The van der Waals surface area contributed by atoms with Crippen molar-refractivity contribution in [3.05, 3.63) is 34.3 Å². The lowest BCUT2D eigenvalue weighted by Gasteiger charge is -2.41. The Hall–Kier alpha value is -1.31. The van der Waals surface area contributed by atoms with Gasteiger partial charge in [-0.2, -0.15) is 13.2 Å². The van der Waals surface area contributed by atoms with Gasteiger partial charge >= 0.3 is 6.18 Å². The normalized spacial score (nSPS) is 23.4. The summed E-state index contributed by atoms with van der Waals surface area (Å²) in [5.41, 5.74) is -0.989. The Labute approximate surface area is 162 Å². The zero-order chi connectivity index (χ0) is 19.6. The van der Waals surface area contributed by atoms with E-state index in [1.165, 1.54) is 0 Å². The lowest BCUT2D eigenvalue weighted by atomic mass is 9.98. The number of rotatable bonds is 3. The van der Waals surface area contributed by atoms with Crippen molar-refractivity contribution in [2.45, 2.75) is 43.9 Å². The van der Waals surface area contributed by atoms with Gasteiger partial charge in [-0.3, -0.25) is 9.69 Å². The molecule has 1 aromatic rings. The first-order valence-corrected chi connectivity index (χ1v) is 9.72. The molecule has 8 heteroatoms. The number of halogens is 4. The Morgan fingerprint density at radius 3 is 2.56 bits per heavy atom. The van der Waals surface area contributed by atoms with Crippen LogP contribution in [0.5, 0.6) is 0 Å². The number of benzene rings is 1. The molecule has 2 aliphatic heterocycles. The second-order valence-electron chi connectivity index (χ2n) is 7.53. The van der Waals surface area contributed by atoms with Crippen LogP contribution in [-0.4, -0.2) is 61.0 Å². The number of likely N-dealkylation sites (tertiary alicyclic amines) is 2. The van der Waals surface area contributed by atoms with Gasteiger partial charge in [-0.05, 0) is 70.6 Å². The lowest BCUT2D eigenvalue weighted by Crippen LogP contribution is -2.53. The highest BCUT2D eigenvalue weighted by Gasteiger charge is 2.33. The molecule has 2 heterocycles. The fraction of sp³-hybridized carbons (Fsp3) is 0.632. The van der Waals surface area contributed by atoms with Gasteiger partial charge in [0.1, 0.15) is 0 Å². The summed E-state index contributed by atoms with van der Waals surface area (Å²) in [4.78, 5) is 17.3. The van der Waals surface area contributed by atoms with Gasteiger partial charge in [-0.1, -0.05) is 11.6 Å². The minimum absolute atomic E-state index is 0.0310. The summed E-state index contributed by atoms with van der Waals surface area (Å²) in [7, 11) is 2.12. The molecule has 1 atom stereocenters. The summed E-state index contributed by atoms with van der Waals surface area (Å²) in [5, 5.41) is 2.92. The smallest absolute Gasteiger partial charge is 0.348 e. The Bertz CT molecular complexity index is 675. The molecule has 1 N–H and O–H groups in total. The Morgan fingerprint density at radius 1 is 1.19 bits per heavy atom. The Kier molecular flexibility index (Phi) is 6.33. The SMILES string of the molecule is CN1CCC(N2CCC[C@H](NC(=O)c3cc(C(F)(F)F)ccc3Cl)C2)CC1. The first kappa shape index (κ1) is 20.4. The number of nitrogens with one attached hydrogen (secondary N) is 1. The molecule has 0 saturated carbocycles. The van der Waals surface area contributed by atoms with Crippen molar-refractivity contribution in [3.63, 3.8) is 0 Å². The third kappa shape index (κ3) is 5.15. The largest absolute Gasteiger partial charge is 0.416 e. The van der Waals surface area contributed by atoms with Crippen molar-refractivity contribution in [2.24, 2.45) is 0 Å². The van der Waals surface area contributed by atoms with Crippen LogP contribution >= 0.6 is 11.6 Å². The first-order chi connectivity index (χ1) is 12.7. The van der Waals surface area contributed by atoms with E-state index in [9.17, 15) is 18.0 Å². The van der Waals surface area contributed by atoms with Crippen LogP contribution in [0.1, 0.15) is 41.6 Å². The first-order valence-electron chi connectivity index (χ1n) is 9.34. The van der Waals surface area contributed by atoms with Crippen LogP contribution in [0, 0.1) is 0 Å². The summed E-state index contributed by atoms with van der Waals surface area (Å²) in [6.45, 7) is 3.87. The second kappa shape index (κ2) is 8.37.